The Bertz CT molecular complexity index is 1060. The Hall–Kier alpha value is -3.81. The first-order chi connectivity index (χ1) is 15.6. The predicted octanol–water partition coefficient (Wildman–Crippen LogP) is 3.13. The Morgan fingerprint density at radius 1 is 0.844 bits per heavy atom. The zero-order chi connectivity index (χ0) is 22.5. The minimum absolute atomic E-state index is 0.0967. The molecule has 0 aliphatic carbocycles. The van der Waals surface area contributed by atoms with E-state index in [4.69, 9.17) is 14.2 Å². The summed E-state index contributed by atoms with van der Waals surface area (Å²) >= 11 is 0. The van der Waals surface area contributed by atoms with Crippen molar-refractivity contribution in [1.82, 2.24) is 14.9 Å². The van der Waals surface area contributed by atoms with Gasteiger partial charge in [0.2, 0.25) is 0 Å². The van der Waals surface area contributed by atoms with Crippen LogP contribution >= 0.6 is 0 Å². The molecular formula is C24H26N4O4. The van der Waals surface area contributed by atoms with E-state index in [1.54, 1.807) is 39.8 Å². The van der Waals surface area contributed by atoms with E-state index in [0.29, 0.717) is 43.2 Å². The van der Waals surface area contributed by atoms with E-state index in [0.717, 1.165) is 22.8 Å². The molecule has 0 bridgehead atoms. The fourth-order valence-electron chi connectivity index (χ4n) is 3.80. The smallest absolute Gasteiger partial charge is 0.261 e. The van der Waals surface area contributed by atoms with E-state index >= 15 is 0 Å². The summed E-state index contributed by atoms with van der Waals surface area (Å²) in [6.45, 7) is 2.48. The zero-order valence-corrected chi connectivity index (χ0v) is 18.4. The molecule has 0 N–H and O–H groups in total. The number of anilines is 1. The molecule has 1 amide bonds. The molecule has 1 aromatic heterocycles. The summed E-state index contributed by atoms with van der Waals surface area (Å²) in [4.78, 5) is 26.1. The molecule has 1 fully saturated rings. The van der Waals surface area contributed by atoms with E-state index < -0.39 is 0 Å². The van der Waals surface area contributed by atoms with Crippen molar-refractivity contribution in [2.24, 2.45) is 0 Å². The van der Waals surface area contributed by atoms with Gasteiger partial charge >= 0.3 is 0 Å². The van der Waals surface area contributed by atoms with Crippen LogP contribution in [0.3, 0.4) is 0 Å². The number of methoxy groups -OCH3 is 3. The third kappa shape index (κ3) is 4.30. The van der Waals surface area contributed by atoms with Crippen LogP contribution in [-0.4, -0.2) is 68.3 Å². The van der Waals surface area contributed by atoms with Crippen LogP contribution < -0.4 is 19.1 Å². The van der Waals surface area contributed by atoms with Crippen molar-refractivity contribution >= 4 is 11.7 Å². The molecule has 8 heteroatoms. The highest BCUT2D eigenvalue weighted by atomic mass is 16.5. The molecule has 1 aliphatic rings. The van der Waals surface area contributed by atoms with Crippen molar-refractivity contribution < 1.29 is 19.0 Å². The van der Waals surface area contributed by atoms with Crippen molar-refractivity contribution in [2.45, 2.75) is 0 Å². The van der Waals surface area contributed by atoms with Gasteiger partial charge in [-0.2, -0.15) is 0 Å². The molecule has 0 saturated carbocycles. The SMILES string of the molecule is COc1ccc(-c2cc(N3CCN(C(=O)c4c(OC)cccc4OC)CC3)ncn2)cc1. The Kier molecular flexibility index (Phi) is 6.39. The molecule has 0 unspecified atom stereocenters. The van der Waals surface area contributed by atoms with E-state index in [1.807, 2.05) is 41.3 Å². The second-order valence-corrected chi connectivity index (χ2v) is 7.31. The third-order valence-electron chi connectivity index (χ3n) is 5.57. The fourth-order valence-corrected chi connectivity index (χ4v) is 3.80. The molecule has 0 atom stereocenters. The summed E-state index contributed by atoms with van der Waals surface area (Å²) in [5.41, 5.74) is 2.29. The van der Waals surface area contributed by atoms with Crippen LogP contribution in [0.25, 0.3) is 11.3 Å². The summed E-state index contributed by atoms with van der Waals surface area (Å²) in [6.07, 6.45) is 1.58. The Morgan fingerprint density at radius 2 is 1.50 bits per heavy atom. The molecule has 4 rings (SSSR count). The molecule has 0 spiro atoms. The third-order valence-corrected chi connectivity index (χ3v) is 5.57. The van der Waals surface area contributed by atoms with Gasteiger partial charge in [0.15, 0.2) is 0 Å². The van der Waals surface area contributed by atoms with E-state index in [9.17, 15) is 4.79 Å². The van der Waals surface area contributed by atoms with E-state index in [-0.39, 0.29) is 5.91 Å². The van der Waals surface area contributed by atoms with Gasteiger partial charge in [-0.1, -0.05) is 6.07 Å². The summed E-state index contributed by atoms with van der Waals surface area (Å²) in [7, 11) is 4.75. The minimum atomic E-state index is -0.0967. The first-order valence-corrected chi connectivity index (χ1v) is 10.4. The van der Waals surface area contributed by atoms with Crippen molar-refractivity contribution in [2.75, 3.05) is 52.4 Å². The fraction of sp³-hybridized carbons (Fsp3) is 0.292. The predicted molar refractivity (Wildman–Crippen MR) is 122 cm³/mol. The highest BCUT2D eigenvalue weighted by Crippen LogP contribution is 2.30. The summed E-state index contributed by atoms with van der Waals surface area (Å²) in [6, 6.07) is 15.1. The van der Waals surface area contributed by atoms with Crippen LogP contribution in [0.4, 0.5) is 5.82 Å². The molecule has 3 aromatic rings. The summed E-state index contributed by atoms with van der Waals surface area (Å²) in [5, 5.41) is 0. The van der Waals surface area contributed by atoms with Crippen molar-refractivity contribution in [1.29, 1.82) is 0 Å². The molecule has 2 heterocycles. The average Bonchev–Trinajstić information content (AvgIpc) is 2.88. The maximum Gasteiger partial charge on any atom is 0.261 e. The second kappa shape index (κ2) is 9.55. The monoisotopic (exact) mass is 434 g/mol. The largest absolute Gasteiger partial charge is 0.497 e. The van der Waals surface area contributed by atoms with Gasteiger partial charge in [0.1, 0.15) is 35.0 Å². The Labute approximate surface area is 187 Å². The molecule has 2 aromatic carbocycles. The maximum atomic E-state index is 13.2. The number of carbonyl (C=O) groups excluding carboxylic acids is 1. The Morgan fingerprint density at radius 3 is 2.09 bits per heavy atom. The topological polar surface area (TPSA) is 77.0 Å². The molecule has 32 heavy (non-hydrogen) atoms. The van der Waals surface area contributed by atoms with Crippen molar-refractivity contribution in [3.63, 3.8) is 0 Å². The van der Waals surface area contributed by atoms with E-state index in [2.05, 4.69) is 14.9 Å². The van der Waals surface area contributed by atoms with Gasteiger partial charge in [-0.3, -0.25) is 4.79 Å². The van der Waals surface area contributed by atoms with Gasteiger partial charge in [-0.15, -0.1) is 0 Å². The maximum absolute atomic E-state index is 13.2. The quantitative estimate of drug-likeness (QED) is 0.590. The van der Waals surface area contributed by atoms with Crippen LogP contribution in [0.1, 0.15) is 10.4 Å². The molecule has 1 saturated heterocycles. The second-order valence-electron chi connectivity index (χ2n) is 7.31. The van der Waals surface area contributed by atoms with Crippen LogP contribution in [0.2, 0.25) is 0 Å². The number of aromatic nitrogens is 2. The van der Waals surface area contributed by atoms with Crippen LogP contribution in [-0.2, 0) is 0 Å². The van der Waals surface area contributed by atoms with Gasteiger partial charge in [-0.05, 0) is 36.4 Å². The number of piperazine rings is 1. The van der Waals surface area contributed by atoms with Gasteiger partial charge in [0, 0.05) is 37.8 Å². The number of nitrogens with zero attached hydrogens (tertiary/aromatic N) is 4. The number of rotatable bonds is 6. The van der Waals surface area contributed by atoms with Gasteiger partial charge < -0.3 is 24.0 Å². The van der Waals surface area contributed by atoms with Crippen molar-refractivity contribution in [3.8, 4) is 28.5 Å². The van der Waals surface area contributed by atoms with Gasteiger partial charge in [-0.25, -0.2) is 9.97 Å². The summed E-state index contributed by atoms with van der Waals surface area (Å²) < 4.78 is 16.0. The number of hydrogen-bond donors (Lipinski definition) is 0. The van der Waals surface area contributed by atoms with Crippen LogP contribution in [0.5, 0.6) is 17.2 Å². The molecule has 0 radical (unpaired) electrons. The zero-order valence-electron chi connectivity index (χ0n) is 18.4. The normalized spacial score (nSPS) is 13.6. The number of hydrogen-bond acceptors (Lipinski definition) is 7. The van der Waals surface area contributed by atoms with Crippen LogP contribution in [0.15, 0.2) is 54.9 Å². The molecule has 166 valence electrons. The van der Waals surface area contributed by atoms with Crippen LogP contribution in [0, 0.1) is 0 Å². The van der Waals surface area contributed by atoms with Crippen molar-refractivity contribution in [3.05, 3.63) is 60.4 Å². The molecule has 8 nitrogen and oxygen atoms in total. The highest BCUT2D eigenvalue weighted by Gasteiger charge is 2.27. The number of benzene rings is 2. The standard InChI is InChI=1S/C24H26N4O4/c1-30-18-9-7-17(8-10-18)19-15-22(26-16-25-19)27-11-13-28(14-12-27)24(29)23-20(31-2)5-4-6-21(23)32-3/h4-10,15-16H,11-14H2,1-3H3. The lowest BCUT2D eigenvalue weighted by Gasteiger charge is -2.35. The number of carbonyl (C=O) groups is 1. The average molecular weight is 434 g/mol. The van der Waals surface area contributed by atoms with Gasteiger partial charge in [0.25, 0.3) is 5.91 Å². The lowest BCUT2D eigenvalue weighted by Crippen LogP contribution is -2.49. The minimum Gasteiger partial charge on any atom is -0.497 e. The Balaban J connectivity index is 1.47. The highest BCUT2D eigenvalue weighted by molar-refractivity contribution is 5.99. The lowest BCUT2D eigenvalue weighted by atomic mass is 10.1. The number of amides is 1. The first kappa shape index (κ1) is 21.4. The van der Waals surface area contributed by atoms with Gasteiger partial charge in [0.05, 0.1) is 27.0 Å². The first-order valence-electron chi connectivity index (χ1n) is 10.4. The summed E-state index contributed by atoms with van der Waals surface area (Å²) in [5.74, 6) is 2.57. The number of ether oxygens (including phenoxy) is 3. The van der Waals surface area contributed by atoms with E-state index in [1.165, 1.54) is 0 Å². The molecular weight excluding hydrogens is 408 g/mol. The molecule has 1 aliphatic heterocycles. The lowest BCUT2D eigenvalue weighted by molar-refractivity contribution is 0.0739.